The predicted octanol–water partition coefficient (Wildman–Crippen LogP) is 4.55. The molecule has 2 atom stereocenters. The number of amides is 1. The van der Waals surface area contributed by atoms with E-state index in [0.29, 0.717) is 27.3 Å². The first-order chi connectivity index (χ1) is 16.4. The number of hydrogen-bond donors (Lipinski definition) is 1. The Bertz CT molecular complexity index is 1330. The molecule has 3 heterocycles. The Hall–Kier alpha value is -3.76. The van der Waals surface area contributed by atoms with Crippen LogP contribution in [0.1, 0.15) is 51.8 Å². The standard InChI is InChI=1S/C23H16ClF2N5O3/c24-15-6-4-12(5-7-15)18(32)17(20-27-8-1-9-28-20)31-11-14-3-2-13(10-16(14)23(31)33)21-29-30-22(34-21)19(25)26/h1-10,17-19,32H,11H2. The second-order valence-corrected chi connectivity index (χ2v) is 8.04. The van der Waals surface area contributed by atoms with Crippen molar-refractivity contribution in [2.24, 2.45) is 0 Å². The fourth-order valence-corrected chi connectivity index (χ4v) is 4.00. The third-order valence-electron chi connectivity index (χ3n) is 5.51. The summed E-state index contributed by atoms with van der Waals surface area (Å²) in [4.78, 5) is 23.5. The zero-order valence-corrected chi connectivity index (χ0v) is 18.1. The number of aromatic nitrogens is 4. The van der Waals surface area contributed by atoms with Crippen LogP contribution in [0.5, 0.6) is 0 Å². The first-order valence-electron chi connectivity index (χ1n) is 10.2. The molecule has 11 heteroatoms. The maximum atomic E-state index is 13.4. The van der Waals surface area contributed by atoms with Crippen molar-refractivity contribution in [3.63, 3.8) is 0 Å². The third-order valence-corrected chi connectivity index (χ3v) is 5.76. The van der Waals surface area contributed by atoms with E-state index in [0.717, 1.165) is 0 Å². The molecule has 4 aromatic rings. The van der Waals surface area contributed by atoms with Crippen molar-refractivity contribution >= 4 is 17.5 Å². The van der Waals surface area contributed by atoms with Crippen LogP contribution in [0, 0.1) is 0 Å². The summed E-state index contributed by atoms with van der Waals surface area (Å²) in [5.74, 6) is -1.02. The van der Waals surface area contributed by atoms with Crippen LogP contribution in [0.4, 0.5) is 8.78 Å². The normalized spacial score (nSPS) is 15.0. The average molecular weight is 484 g/mol. The fraction of sp³-hybridized carbons (Fsp3) is 0.174. The van der Waals surface area contributed by atoms with Gasteiger partial charge >= 0.3 is 6.43 Å². The van der Waals surface area contributed by atoms with Gasteiger partial charge < -0.3 is 14.4 Å². The van der Waals surface area contributed by atoms with E-state index in [1.54, 1.807) is 42.5 Å². The molecular formula is C23H16ClF2N5O3. The van der Waals surface area contributed by atoms with Crippen LogP contribution in [-0.4, -0.2) is 36.1 Å². The number of rotatable bonds is 6. The Morgan fingerprint density at radius 1 is 1.06 bits per heavy atom. The third kappa shape index (κ3) is 4.02. The molecule has 0 saturated carbocycles. The molecule has 0 fully saturated rings. The Morgan fingerprint density at radius 3 is 2.47 bits per heavy atom. The second-order valence-electron chi connectivity index (χ2n) is 7.60. The highest BCUT2D eigenvalue weighted by atomic mass is 35.5. The van der Waals surface area contributed by atoms with Crippen molar-refractivity contribution in [2.75, 3.05) is 0 Å². The minimum Gasteiger partial charge on any atom is -0.415 e. The van der Waals surface area contributed by atoms with E-state index in [4.69, 9.17) is 16.0 Å². The van der Waals surface area contributed by atoms with Gasteiger partial charge in [0.25, 0.3) is 11.8 Å². The van der Waals surface area contributed by atoms with Crippen molar-refractivity contribution in [3.8, 4) is 11.5 Å². The van der Waals surface area contributed by atoms with E-state index >= 15 is 0 Å². The van der Waals surface area contributed by atoms with Crippen molar-refractivity contribution in [2.45, 2.75) is 25.1 Å². The summed E-state index contributed by atoms with van der Waals surface area (Å²) in [6, 6.07) is 12.2. The molecular weight excluding hydrogens is 468 g/mol. The molecule has 1 N–H and O–H groups in total. The molecule has 34 heavy (non-hydrogen) atoms. The molecule has 0 saturated heterocycles. The van der Waals surface area contributed by atoms with Crippen molar-refractivity contribution in [1.82, 2.24) is 25.1 Å². The van der Waals surface area contributed by atoms with Crippen LogP contribution in [0.3, 0.4) is 0 Å². The van der Waals surface area contributed by atoms with Gasteiger partial charge in [0.1, 0.15) is 12.1 Å². The van der Waals surface area contributed by atoms with E-state index in [2.05, 4.69) is 20.2 Å². The summed E-state index contributed by atoms with van der Waals surface area (Å²) in [6.07, 6.45) is -0.965. The molecule has 0 spiro atoms. The molecule has 0 aliphatic carbocycles. The lowest BCUT2D eigenvalue weighted by Gasteiger charge is -2.30. The first kappa shape index (κ1) is 22.1. The van der Waals surface area contributed by atoms with E-state index in [1.807, 2.05) is 0 Å². The molecule has 0 bridgehead atoms. The van der Waals surface area contributed by atoms with Crippen LogP contribution in [0.2, 0.25) is 5.02 Å². The Kier molecular flexibility index (Phi) is 5.76. The maximum Gasteiger partial charge on any atom is 0.314 e. The minimum atomic E-state index is -2.89. The van der Waals surface area contributed by atoms with Crippen LogP contribution < -0.4 is 0 Å². The fourth-order valence-electron chi connectivity index (χ4n) is 3.88. The quantitative estimate of drug-likeness (QED) is 0.429. The predicted molar refractivity (Wildman–Crippen MR) is 116 cm³/mol. The zero-order chi connectivity index (χ0) is 23.8. The first-order valence-corrected chi connectivity index (χ1v) is 10.6. The zero-order valence-electron chi connectivity index (χ0n) is 17.3. The largest absolute Gasteiger partial charge is 0.415 e. The van der Waals surface area contributed by atoms with Crippen LogP contribution >= 0.6 is 11.6 Å². The van der Waals surface area contributed by atoms with Gasteiger partial charge in [-0.05, 0) is 41.5 Å². The Balaban J connectivity index is 1.50. The summed E-state index contributed by atoms with van der Waals surface area (Å²) in [5.41, 5.74) is 1.89. The van der Waals surface area contributed by atoms with Gasteiger partial charge in [-0.1, -0.05) is 29.8 Å². The van der Waals surface area contributed by atoms with E-state index in [-0.39, 0.29) is 24.2 Å². The van der Waals surface area contributed by atoms with Gasteiger partial charge in [0.2, 0.25) is 5.89 Å². The molecule has 1 amide bonds. The van der Waals surface area contributed by atoms with Crippen molar-refractivity contribution in [3.05, 3.63) is 94.4 Å². The number of benzene rings is 2. The van der Waals surface area contributed by atoms with Gasteiger partial charge in [-0.3, -0.25) is 4.79 Å². The number of alkyl halides is 2. The molecule has 2 unspecified atom stereocenters. The SMILES string of the molecule is O=C1c2cc(-c3nnc(C(F)F)o3)ccc2CN1C(c1ncccn1)C(O)c1ccc(Cl)cc1. The van der Waals surface area contributed by atoms with E-state index in [1.165, 1.54) is 23.4 Å². The highest BCUT2D eigenvalue weighted by Gasteiger charge is 2.39. The smallest absolute Gasteiger partial charge is 0.314 e. The van der Waals surface area contributed by atoms with Crippen LogP contribution in [0.15, 0.2) is 65.3 Å². The van der Waals surface area contributed by atoms with E-state index in [9.17, 15) is 18.7 Å². The topological polar surface area (TPSA) is 105 Å². The molecule has 1 aliphatic heterocycles. The van der Waals surface area contributed by atoms with Gasteiger partial charge in [0.05, 0.1) is 0 Å². The number of halogens is 3. The highest BCUT2D eigenvalue weighted by molar-refractivity contribution is 6.30. The average Bonchev–Trinajstić information content (AvgIpc) is 3.46. The summed E-state index contributed by atoms with van der Waals surface area (Å²) < 4.78 is 30.6. The van der Waals surface area contributed by atoms with Gasteiger partial charge in [-0.15, -0.1) is 10.2 Å². The molecule has 8 nitrogen and oxygen atoms in total. The molecule has 172 valence electrons. The second kappa shape index (κ2) is 8.88. The molecule has 5 rings (SSSR count). The summed E-state index contributed by atoms with van der Waals surface area (Å²) in [5, 5.41) is 18.7. The van der Waals surface area contributed by atoms with Gasteiger partial charge in [-0.25, -0.2) is 9.97 Å². The number of fused-ring (bicyclic) bond motifs is 1. The maximum absolute atomic E-state index is 13.4. The molecule has 2 aromatic carbocycles. The minimum absolute atomic E-state index is 0.117. The Morgan fingerprint density at radius 2 is 1.79 bits per heavy atom. The summed E-state index contributed by atoms with van der Waals surface area (Å²) in [6.45, 7) is 0.189. The lowest BCUT2D eigenvalue weighted by atomic mass is 10.00. The van der Waals surface area contributed by atoms with Crippen LogP contribution in [-0.2, 0) is 6.54 Å². The molecule has 1 aliphatic rings. The van der Waals surface area contributed by atoms with Crippen LogP contribution in [0.25, 0.3) is 11.5 Å². The van der Waals surface area contributed by atoms with Gasteiger partial charge in [0.15, 0.2) is 5.82 Å². The van der Waals surface area contributed by atoms with Crippen molar-refractivity contribution in [1.29, 1.82) is 0 Å². The van der Waals surface area contributed by atoms with E-state index < -0.39 is 24.5 Å². The monoisotopic (exact) mass is 483 g/mol. The van der Waals surface area contributed by atoms with Crippen molar-refractivity contribution < 1.29 is 23.1 Å². The number of carbonyl (C=O) groups excluding carboxylic acids is 1. The summed E-state index contributed by atoms with van der Waals surface area (Å²) in [7, 11) is 0. The number of aliphatic hydroxyl groups is 1. The number of nitrogens with zero attached hydrogens (tertiary/aromatic N) is 5. The number of carbonyl (C=O) groups is 1. The Labute approximate surface area is 196 Å². The number of hydrogen-bond acceptors (Lipinski definition) is 7. The lowest BCUT2D eigenvalue weighted by Crippen LogP contribution is -2.34. The summed E-state index contributed by atoms with van der Waals surface area (Å²) >= 11 is 5.98. The highest BCUT2D eigenvalue weighted by Crippen LogP contribution is 2.39. The van der Waals surface area contributed by atoms with Gasteiger partial charge in [0, 0.05) is 35.1 Å². The lowest BCUT2D eigenvalue weighted by molar-refractivity contribution is 0.0332. The van der Waals surface area contributed by atoms with Gasteiger partial charge in [-0.2, -0.15) is 8.78 Å². The number of aliphatic hydroxyl groups excluding tert-OH is 1. The molecule has 2 aromatic heterocycles. The molecule has 0 radical (unpaired) electrons.